The van der Waals surface area contributed by atoms with E-state index in [0.717, 1.165) is 25.9 Å². The lowest BCUT2D eigenvalue weighted by atomic mass is 9.94. The van der Waals surface area contributed by atoms with Gasteiger partial charge in [-0.1, -0.05) is 30.3 Å². The molecule has 1 aliphatic carbocycles. The van der Waals surface area contributed by atoms with Crippen molar-refractivity contribution in [3.8, 4) is 0 Å². The average Bonchev–Trinajstić information content (AvgIpc) is 3.43. The molecule has 0 aromatic heterocycles. The molecule has 0 bridgehead atoms. The minimum Gasteiger partial charge on any atom is -0.468 e. The van der Waals surface area contributed by atoms with Crippen LogP contribution in [0, 0.1) is 17.3 Å². The van der Waals surface area contributed by atoms with Crippen molar-refractivity contribution in [2.24, 2.45) is 17.3 Å². The van der Waals surface area contributed by atoms with Gasteiger partial charge in [0.1, 0.15) is 0 Å². The number of esters is 1. The number of hydrogen-bond donors (Lipinski definition) is 3. The van der Waals surface area contributed by atoms with Gasteiger partial charge in [-0.15, -0.1) is 0 Å². The highest BCUT2D eigenvalue weighted by molar-refractivity contribution is 6.06. The van der Waals surface area contributed by atoms with Crippen molar-refractivity contribution in [3.05, 3.63) is 35.9 Å². The van der Waals surface area contributed by atoms with Gasteiger partial charge in [0.05, 0.1) is 13.2 Å². The molecule has 1 saturated carbocycles. The zero-order valence-electron chi connectivity index (χ0n) is 14.5. The Morgan fingerprint density at radius 3 is 2.64 bits per heavy atom. The minimum atomic E-state index is -1.27. The number of rotatable bonds is 6. The third-order valence-corrected chi connectivity index (χ3v) is 5.50. The van der Waals surface area contributed by atoms with E-state index in [9.17, 15) is 14.7 Å². The van der Waals surface area contributed by atoms with Gasteiger partial charge in [-0.2, -0.15) is 0 Å². The number of ether oxygens (including phenoxy) is 1. The maximum absolute atomic E-state index is 12.8. The second-order valence-electron chi connectivity index (χ2n) is 7.03. The van der Waals surface area contributed by atoms with Crippen molar-refractivity contribution in [2.75, 3.05) is 26.7 Å². The van der Waals surface area contributed by atoms with E-state index >= 15 is 0 Å². The van der Waals surface area contributed by atoms with Gasteiger partial charge in [0.25, 0.3) is 0 Å². The fourth-order valence-electron chi connectivity index (χ4n) is 3.80. The topological polar surface area (TPSA) is 87.7 Å². The zero-order valence-corrected chi connectivity index (χ0v) is 14.5. The van der Waals surface area contributed by atoms with Crippen LogP contribution in [0.4, 0.5) is 0 Å². The fourth-order valence-corrected chi connectivity index (χ4v) is 3.80. The fraction of sp³-hybridized carbons (Fsp3) is 0.579. The van der Waals surface area contributed by atoms with Gasteiger partial charge in [-0.3, -0.25) is 9.59 Å². The molecule has 1 amide bonds. The molecule has 2 fully saturated rings. The summed E-state index contributed by atoms with van der Waals surface area (Å²) in [6.07, 6.45) is 1.49. The molecule has 2 aliphatic rings. The molecule has 1 aromatic carbocycles. The summed E-state index contributed by atoms with van der Waals surface area (Å²) in [5.41, 5.74) is -0.555. The molecule has 3 unspecified atom stereocenters. The van der Waals surface area contributed by atoms with Crippen molar-refractivity contribution < 1.29 is 19.4 Å². The van der Waals surface area contributed by atoms with Crippen LogP contribution in [0.2, 0.25) is 0 Å². The highest BCUT2D eigenvalue weighted by atomic mass is 16.5. The van der Waals surface area contributed by atoms with Crippen molar-refractivity contribution >= 4 is 11.9 Å². The van der Waals surface area contributed by atoms with Gasteiger partial charge in [0, 0.05) is 12.5 Å². The van der Waals surface area contributed by atoms with E-state index in [2.05, 4.69) is 10.6 Å². The molecule has 0 radical (unpaired) electrons. The SMILES string of the molecule is COC(=O)C1(C(=O)NCC2CCNCC2)CC1C(O)c1ccccc1. The van der Waals surface area contributed by atoms with Crippen LogP contribution in [-0.4, -0.2) is 43.7 Å². The molecule has 6 nitrogen and oxygen atoms in total. The highest BCUT2D eigenvalue weighted by Crippen LogP contribution is 2.59. The van der Waals surface area contributed by atoms with E-state index in [-0.39, 0.29) is 5.91 Å². The first-order valence-corrected chi connectivity index (χ1v) is 8.90. The Hall–Kier alpha value is -1.92. The molecule has 136 valence electrons. The van der Waals surface area contributed by atoms with E-state index in [1.807, 2.05) is 18.2 Å². The van der Waals surface area contributed by atoms with Gasteiger partial charge in [0.15, 0.2) is 5.41 Å². The van der Waals surface area contributed by atoms with E-state index in [0.29, 0.717) is 24.4 Å². The Bertz CT molecular complexity index is 615. The predicted molar refractivity (Wildman–Crippen MR) is 92.6 cm³/mol. The van der Waals surface area contributed by atoms with Crippen LogP contribution in [0.1, 0.15) is 30.9 Å². The number of aliphatic hydroxyl groups is 1. The molecule has 1 heterocycles. The first kappa shape index (κ1) is 17.9. The van der Waals surface area contributed by atoms with Crippen LogP contribution < -0.4 is 10.6 Å². The molecular formula is C19H26N2O4. The number of carbonyl (C=O) groups is 2. The number of benzene rings is 1. The Morgan fingerprint density at radius 2 is 2.00 bits per heavy atom. The first-order valence-electron chi connectivity index (χ1n) is 8.90. The predicted octanol–water partition coefficient (Wildman–Crippen LogP) is 1.02. The van der Waals surface area contributed by atoms with Crippen molar-refractivity contribution in [2.45, 2.75) is 25.4 Å². The molecule has 0 spiro atoms. The van der Waals surface area contributed by atoms with Crippen LogP contribution in [0.5, 0.6) is 0 Å². The third kappa shape index (κ3) is 3.55. The maximum atomic E-state index is 12.8. The number of carbonyl (C=O) groups excluding carboxylic acids is 2. The van der Waals surface area contributed by atoms with Gasteiger partial charge < -0.3 is 20.5 Å². The molecule has 3 N–H and O–H groups in total. The summed E-state index contributed by atoms with van der Waals surface area (Å²) in [4.78, 5) is 25.1. The normalized spacial score (nSPS) is 27.4. The third-order valence-electron chi connectivity index (χ3n) is 5.50. The smallest absolute Gasteiger partial charge is 0.321 e. The van der Waals surface area contributed by atoms with Gasteiger partial charge in [-0.25, -0.2) is 0 Å². The molecule has 6 heteroatoms. The van der Waals surface area contributed by atoms with Crippen LogP contribution in [0.3, 0.4) is 0 Å². The molecule has 3 rings (SSSR count). The Morgan fingerprint density at radius 1 is 1.32 bits per heavy atom. The minimum absolute atomic E-state index is 0.313. The Kier molecular flexibility index (Phi) is 5.39. The first-order chi connectivity index (χ1) is 12.1. The van der Waals surface area contributed by atoms with Crippen LogP contribution in [-0.2, 0) is 14.3 Å². The molecule has 1 aliphatic heterocycles. The van der Waals surface area contributed by atoms with Crippen LogP contribution in [0.15, 0.2) is 30.3 Å². The van der Waals surface area contributed by atoms with E-state index in [4.69, 9.17) is 4.74 Å². The van der Waals surface area contributed by atoms with Gasteiger partial charge in [-0.05, 0) is 43.8 Å². The summed E-state index contributed by atoms with van der Waals surface area (Å²) in [7, 11) is 1.29. The number of amides is 1. The van der Waals surface area contributed by atoms with Crippen LogP contribution >= 0.6 is 0 Å². The summed E-state index contributed by atoms with van der Waals surface area (Å²) in [6.45, 7) is 2.48. The lowest BCUT2D eigenvalue weighted by Crippen LogP contribution is -2.43. The lowest BCUT2D eigenvalue weighted by Gasteiger charge is -2.24. The molecule has 1 aromatic rings. The van der Waals surface area contributed by atoms with E-state index in [1.165, 1.54) is 7.11 Å². The molecule has 1 saturated heterocycles. The van der Waals surface area contributed by atoms with Gasteiger partial charge >= 0.3 is 5.97 Å². The summed E-state index contributed by atoms with van der Waals surface area (Å²) < 4.78 is 4.89. The molecular weight excluding hydrogens is 320 g/mol. The number of aliphatic hydroxyl groups excluding tert-OH is 1. The number of hydrogen-bond acceptors (Lipinski definition) is 5. The molecule has 25 heavy (non-hydrogen) atoms. The summed E-state index contributed by atoms with van der Waals surface area (Å²) in [6, 6.07) is 9.13. The second-order valence-corrected chi connectivity index (χ2v) is 7.03. The average molecular weight is 346 g/mol. The number of methoxy groups -OCH3 is 1. The van der Waals surface area contributed by atoms with Crippen molar-refractivity contribution in [1.29, 1.82) is 0 Å². The summed E-state index contributed by atoms with van der Waals surface area (Å²) >= 11 is 0. The zero-order chi connectivity index (χ0) is 17.9. The van der Waals surface area contributed by atoms with Crippen molar-refractivity contribution in [3.63, 3.8) is 0 Å². The summed E-state index contributed by atoms with van der Waals surface area (Å²) in [5, 5.41) is 16.8. The monoisotopic (exact) mass is 346 g/mol. The van der Waals surface area contributed by atoms with E-state index < -0.39 is 23.4 Å². The highest BCUT2D eigenvalue weighted by Gasteiger charge is 2.69. The van der Waals surface area contributed by atoms with Crippen LogP contribution in [0.25, 0.3) is 0 Å². The summed E-state index contributed by atoms with van der Waals surface area (Å²) in [5.74, 6) is -0.903. The van der Waals surface area contributed by atoms with E-state index in [1.54, 1.807) is 12.1 Å². The molecule has 3 atom stereocenters. The second kappa shape index (κ2) is 7.54. The Balaban J connectivity index is 1.68. The number of piperidine rings is 1. The quantitative estimate of drug-likeness (QED) is 0.529. The Labute approximate surface area is 147 Å². The maximum Gasteiger partial charge on any atom is 0.321 e. The largest absolute Gasteiger partial charge is 0.468 e. The van der Waals surface area contributed by atoms with Crippen molar-refractivity contribution in [1.82, 2.24) is 10.6 Å². The van der Waals surface area contributed by atoms with Gasteiger partial charge in [0.2, 0.25) is 5.91 Å². The standard InChI is InChI=1S/C19H26N2O4/c1-25-18(24)19(17(23)21-12-13-7-9-20-10-8-13)11-15(19)16(22)14-5-3-2-4-6-14/h2-6,13,15-16,20,22H,7-12H2,1H3,(H,21,23). The number of nitrogens with one attached hydrogen (secondary N) is 2. The lowest BCUT2D eigenvalue weighted by molar-refractivity contribution is -0.153.